The quantitative estimate of drug-likeness (QED) is 0.396. The van der Waals surface area contributed by atoms with Crippen LogP contribution in [0.2, 0.25) is 0 Å². The Kier molecular flexibility index (Phi) is 6.39. The zero-order chi connectivity index (χ0) is 21.3. The standard InChI is InChI=1S/C21H19N7O3/c29-21(18-8-7-16(14-22-18)20-25-27-28-26-20)24-13-15-6-9-19(23-12-15)31-11-10-30-17-4-2-1-3-5-17/h1-9,12,14H,10-11,13H2,(H,24,29)(H,25,26,27,28). The molecular weight excluding hydrogens is 398 g/mol. The van der Waals surface area contributed by atoms with E-state index in [2.05, 4.69) is 35.9 Å². The Balaban J connectivity index is 1.21. The van der Waals surface area contributed by atoms with Crippen molar-refractivity contribution >= 4 is 5.91 Å². The highest BCUT2D eigenvalue weighted by atomic mass is 16.5. The van der Waals surface area contributed by atoms with E-state index in [9.17, 15) is 4.79 Å². The fourth-order valence-electron chi connectivity index (χ4n) is 2.64. The van der Waals surface area contributed by atoms with Crippen LogP contribution in [0.15, 0.2) is 67.0 Å². The first-order valence-electron chi connectivity index (χ1n) is 9.51. The van der Waals surface area contributed by atoms with Crippen LogP contribution < -0.4 is 14.8 Å². The Labute approximate surface area is 177 Å². The Hall–Kier alpha value is -4.34. The molecule has 4 aromatic rings. The minimum Gasteiger partial charge on any atom is -0.490 e. The molecule has 2 N–H and O–H groups in total. The van der Waals surface area contributed by atoms with E-state index in [1.165, 1.54) is 6.20 Å². The summed E-state index contributed by atoms with van der Waals surface area (Å²) < 4.78 is 11.1. The lowest BCUT2D eigenvalue weighted by molar-refractivity contribution is 0.0946. The van der Waals surface area contributed by atoms with Crippen LogP contribution in [0.3, 0.4) is 0 Å². The summed E-state index contributed by atoms with van der Waals surface area (Å²) in [6, 6.07) is 16.4. The lowest BCUT2D eigenvalue weighted by atomic mass is 10.2. The van der Waals surface area contributed by atoms with Gasteiger partial charge in [0.15, 0.2) is 0 Å². The first-order valence-corrected chi connectivity index (χ1v) is 9.51. The summed E-state index contributed by atoms with van der Waals surface area (Å²) in [6.07, 6.45) is 3.18. The number of benzene rings is 1. The molecule has 0 saturated carbocycles. The van der Waals surface area contributed by atoms with Gasteiger partial charge in [-0.3, -0.25) is 9.78 Å². The number of nitrogens with one attached hydrogen (secondary N) is 2. The molecule has 0 bridgehead atoms. The number of carbonyl (C=O) groups excluding carboxylic acids is 1. The molecule has 0 unspecified atom stereocenters. The third-order valence-corrected chi connectivity index (χ3v) is 4.20. The van der Waals surface area contributed by atoms with Crippen molar-refractivity contribution in [2.24, 2.45) is 0 Å². The van der Waals surface area contributed by atoms with Crippen LogP contribution in [-0.4, -0.2) is 49.7 Å². The number of hydrogen-bond acceptors (Lipinski definition) is 8. The van der Waals surface area contributed by atoms with E-state index in [4.69, 9.17) is 9.47 Å². The number of ether oxygens (including phenoxy) is 2. The number of H-pyrrole nitrogens is 1. The zero-order valence-electron chi connectivity index (χ0n) is 16.4. The van der Waals surface area contributed by atoms with Crippen molar-refractivity contribution in [3.8, 4) is 23.0 Å². The minimum absolute atomic E-state index is 0.290. The van der Waals surface area contributed by atoms with Gasteiger partial charge in [-0.25, -0.2) is 4.98 Å². The second kappa shape index (κ2) is 9.92. The van der Waals surface area contributed by atoms with Gasteiger partial charge in [0.2, 0.25) is 11.7 Å². The van der Waals surface area contributed by atoms with E-state index in [0.717, 1.165) is 11.3 Å². The third kappa shape index (κ3) is 5.60. The molecule has 3 aromatic heterocycles. The van der Waals surface area contributed by atoms with Gasteiger partial charge in [-0.1, -0.05) is 24.3 Å². The van der Waals surface area contributed by atoms with Gasteiger partial charge in [0.05, 0.1) is 0 Å². The Bertz CT molecular complexity index is 1090. The molecule has 0 aliphatic rings. The number of pyridine rings is 2. The second-order valence-electron chi connectivity index (χ2n) is 6.36. The summed E-state index contributed by atoms with van der Waals surface area (Å²) in [6.45, 7) is 1.11. The van der Waals surface area contributed by atoms with Crippen molar-refractivity contribution in [2.75, 3.05) is 13.2 Å². The SMILES string of the molecule is O=C(NCc1ccc(OCCOc2ccccc2)nc1)c1ccc(-c2nn[nH]n2)cn1. The van der Waals surface area contributed by atoms with Gasteiger partial charge in [0.25, 0.3) is 5.91 Å². The highest BCUT2D eigenvalue weighted by Crippen LogP contribution is 2.12. The smallest absolute Gasteiger partial charge is 0.270 e. The van der Waals surface area contributed by atoms with Crippen LogP contribution in [0.5, 0.6) is 11.6 Å². The Morgan fingerprint density at radius 1 is 0.935 bits per heavy atom. The Morgan fingerprint density at radius 2 is 1.81 bits per heavy atom. The van der Waals surface area contributed by atoms with Gasteiger partial charge < -0.3 is 14.8 Å². The second-order valence-corrected chi connectivity index (χ2v) is 6.36. The average Bonchev–Trinajstić information content (AvgIpc) is 3.37. The zero-order valence-corrected chi connectivity index (χ0v) is 16.4. The van der Waals surface area contributed by atoms with Gasteiger partial charge >= 0.3 is 0 Å². The van der Waals surface area contributed by atoms with E-state index in [0.29, 0.717) is 42.7 Å². The first kappa shape index (κ1) is 20.0. The number of para-hydroxylation sites is 1. The molecule has 0 atom stereocenters. The summed E-state index contributed by atoms with van der Waals surface area (Å²) in [5.74, 6) is 1.41. The highest BCUT2D eigenvalue weighted by Gasteiger charge is 2.09. The predicted octanol–water partition coefficient (Wildman–Crippen LogP) is 2.04. The molecule has 0 saturated heterocycles. The summed E-state index contributed by atoms with van der Waals surface area (Å²) in [5.41, 5.74) is 1.79. The number of nitrogens with zero attached hydrogens (tertiary/aromatic N) is 5. The van der Waals surface area contributed by atoms with Crippen LogP contribution in [0.4, 0.5) is 0 Å². The topological polar surface area (TPSA) is 128 Å². The molecule has 4 rings (SSSR count). The summed E-state index contributed by atoms with van der Waals surface area (Å²) in [5, 5.41) is 16.4. The van der Waals surface area contributed by atoms with Crippen LogP contribution in [-0.2, 0) is 6.54 Å². The highest BCUT2D eigenvalue weighted by molar-refractivity contribution is 5.92. The first-order chi connectivity index (χ1) is 15.3. The van der Waals surface area contributed by atoms with Gasteiger partial charge in [-0.2, -0.15) is 5.21 Å². The number of amides is 1. The molecule has 156 valence electrons. The number of rotatable bonds is 9. The molecule has 31 heavy (non-hydrogen) atoms. The maximum absolute atomic E-state index is 12.3. The molecule has 3 heterocycles. The van der Waals surface area contributed by atoms with Crippen molar-refractivity contribution in [2.45, 2.75) is 6.54 Å². The van der Waals surface area contributed by atoms with E-state index in [1.807, 2.05) is 36.4 Å². The molecule has 10 heteroatoms. The molecule has 0 radical (unpaired) electrons. The number of carbonyl (C=O) groups is 1. The number of hydrogen-bond donors (Lipinski definition) is 2. The maximum Gasteiger partial charge on any atom is 0.270 e. The van der Waals surface area contributed by atoms with E-state index >= 15 is 0 Å². The average molecular weight is 417 g/mol. The fourth-order valence-corrected chi connectivity index (χ4v) is 2.64. The Morgan fingerprint density at radius 3 is 2.52 bits per heavy atom. The van der Waals surface area contributed by atoms with E-state index in [1.54, 1.807) is 24.4 Å². The third-order valence-electron chi connectivity index (χ3n) is 4.20. The van der Waals surface area contributed by atoms with Gasteiger partial charge in [-0.05, 0) is 35.0 Å². The van der Waals surface area contributed by atoms with Crippen molar-refractivity contribution < 1.29 is 14.3 Å². The van der Waals surface area contributed by atoms with Crippen molar-refractivity contribution in [3.05, 3.63) is 78.2 Å². The molecule has 0 spiro atoms. The molecule has 10 nitrogen and oxygen atoms in total. The molecule has 1 aromatic carbocycles. The minimum atomic E-state index is -0.293. The van der Waals surface area contributed by atoms with Crippen LogP contribution in [0, 0.1) is 0 Å². The summed E-state index contributed by atoms with van der Waals surface area (Å²) in [7, 11) is 0. The number of tetrazole rings is 1. The molecular formula is C21H19N7O3. The van der Waals surface area contributed by atoms with Crippen LogP contribution in [0.1, 0.15) is 16.1 Å². The fraction of sp³-hybridized carbons (Fsp3) is 0.143. The van der Waals surface area contributed by atoms with E-state index in [-0.39, 0.29) is 5.91 Å². The summed E-state index contributed by atoms with van der Waals surface area (Å²) >= 11 is 0. The van der Waals surface area contributed by atoms with Gasteiger partial charge in [0.1, 0.15) is 24.7 Å². The van der Waals surface area contributed by atoms with E-state index < -0.39 is 0 Å². The largest absolute Gasteiger partial charge is 0.490 e. The lowest BCUT2D eigenvalue weighted by Gasteiger charge is -2.08. The van der Waals surface area contributed by atoms with Gasteiger partial charge in [-0.15, -0.1) is 10.2 Å². The number of aromatic nitrogens is 6. The van der Waals surface area contributed by atoms with Crippen molar-refractivity contribution in [3.63, 3.8) is 0 Å². The number of aromatic amines is 1. The maximum atomic E-state index is 12.3. The lowest BCUT2D eigenvalue weighted by Crippen LogP contribution is -2.23. The summed E-state index contributed by atoms with van der Waals surface area (Å²) in [4.78, 5) is 20.7. The van der Waals surface area contributed by atoms with Crippen LogP contribution in [0.25, 0.3) is 11.4 Å². The van der Waals surface area contributed by atoms with Gasteiger partial charge in [0, 0.05) is 30.6 Å². The molecule has 1 amide bonds. The van der Waals surface area contributed by atoms with Crippen LogP contribution >= 0.6 is 0 Å². The molecule has 0 fully saturated rings. The monoisotopic (exact) mass is 417 g/mol. The van der Waals surface area contributed by atoms with Crippen molar-refractivity contribution in [1.82, 2.24) is 35.9 Å². The molecule has 0 aliphatic heterocycles. The normalized spacial score (nSPS) is 10.5. The predicted molar refractivity (Wildman–Crippen MR) is 110 cm³/mol. The molecule has 0 aliphatic carbocycles. The van der Waals surface area contributed by atoms with Crippen molar-refractivity contribution in [1.29, 1.82) is 0 Å².